The minimum atomic E-state index is -0.549. The number of aliphatic hydroxyl groups excluding tert-OH is 1. The van der Waals surface area contributed by atoms with Crippen molar-refractivity contribution < 1.29 is 9.52 Å². The van der Waals surface area contributed by atoms with Gasteiger partial charge in [-0.25, -0.2) is 0 Å². The molecule has 2 aromatic carbocycles. The van der Waals surface area contributed by atoms with E-state index in [9.17, 15) is 5.11 Å². The molecule has 3 rings (SSSR count). The van der Waals surface area contributed by atoms with Crippen molar-refractivity contribution in [1.82, 2.24) is 5.32 Å². The van der Waals surface area contributed by atoms with Gasteiger partial charge in [0.25, 0.3) is 0 Å². The van der Waals surface area contributed by atoms with Gasteiger partial charge in [0, 0.05) is 16.1 Å². The molecule has 0 spiro atoms. The first-order valence-corrected chi connectivity index (χ1v) is 8.74. The molecular formula is C20H20BrNO2. The summed E-state index contributed by atoms with van der Waals surface area (Å²) in [5.41, 5.74) is 1.95. The van der Waals surface area contributed by atoms with Crippen LogP contribution in [0.15, 0.2) is 75.6 Å². The predicted octanol–water partition coefficient (Wildman–Crippen LogP) is 4.92. The fraction of sp³-hybridized carbons (Fsp3) is 0.200. The quantitative estimate of drug-likeness (QED) is 0.632. The topological polar surface area (TPSA) is 45.4 Å². The molecule has 1 heterocycles. The Hall–Kier alpha value is -1.88. The van der Waals surface area contributed by atoms with E-state index in [1.54, 1.807) is 0 Å². The van der Waals surface area contributed by atoms with Gasteiger partial charge in [0.05, 0.1) is 12.6 Å². The van der Waals surface area contributed by atoms with Gasteiger partial charge in [-0.1, -0.05) is 58.4 Å². The Balaban J connectivity index is 1.60. The van der Waals surface area contributed by atoms with Crippen LogP contribution in [0.25, 0.3) is 11.3 Å². The first-order valence-electron chi connectivity index (χ1n) is 7.94. The number of furan rings is 1. The third-order valence-electron chi connectivity index (χ3n) is 4.00. The molecule has 2 atom stereocenters. The second-order valence-corrected chi connectivity index (χ2v) is 6.71. The molecule has 0 aliphatic rings. The smallest absolute Gasteiger partial charge is 0.134 e. The van der Waals surface area contributed by atoms with Crippen LogP contribution in [0.2, 0.25) is 0 Å². The zero-order valence-corrected chi connectivity index (χ0v) is 15.0. The summed E-state index contributed by atoms with van der Waals surface area (Å²) in [5, 5.41) is 13.7. The third kappa shape index (κ3) is 4.15. The number of nitrogens with one attached hydrogen (secondary N) is 1. The van der Waals surface area contributed by atoms with E-state index in [0.29, 0.717) is 6.54 Å². The molecule has 0 radical (unpaired) electrons. The Bertz CT molecular complexity index is 768. The maximum absolute atomic E-state index is 10.4. The molecule has 0 aliphatic heterocycles. The summed E-state index contributed by atoms with van der Waals surface area (Å²) < 4.78 is 6.93. The molecule has 3 aromatic rings. The van der Waals surface area contributed by atoms with Crippen LogP contribution in [0.4, 0.5) is 0 Å². The van der Waals surface area contributed by atoms with Gasteiger partial charge in [-0.2, -0.15) is 0 Å². The lowest BCUT2D eigenvalue weighted by atomic mass is 10.0. The summed E-state index contributed by atoms with van der Waals surface area (Å²) >= 11 is 3.43. The average molecular weight is 386 g/mol. The Morgan fingerprint density at radius 3 is 2.42 bits per heavy atom. The molecule has 2 N–H and O–H groups in total. The van der Waals surface area contributed by atoms with Gasteiger partial charge >= 0.3 is 0 Å². The standard InChI is InChI=1S/C20H20BrNO2/c1-14(20(23)16-5-3-2-4-6-16)22-13-18-11-12-19(24-18)15-7-9-17(21)10-8-15/h2-12,14,20,22-23H,13H2,1H3/t14-,20+/m1/s1. The number of rotatable bonds is 6. The van der Waals surface area contributed by atoms with Gasteiger partial charge in [-0.05, 0) is 36.8 Å². The Labute approximate surface area is 150 Å². The van der Waals surface area contributed by atoms with E-state index in [-0.39, 0.29) is 6.04 Å². The monoisotopic (exact) mass is 385 g/mol. The van der Waals surface area contributed by atoms with Gasteiger partial charge in [0.15, 0.2) is 0 Å². The van der Waals surface area contributed by atoms with Gasteiger partial charge in [0.1, 0.15) is 11.5 Å². The van der Waals surface area contributed by atoms with Crippen LogP contribution in [-0.2, 0) is 6.54 Å². The minimum absolute atomic E-state index is 0.0753. The highest BCUT2D eigenvalue weighted by Crippen LogP contribution is 2.24. The summed E-state index contributed by atoms with van der Waals surface area (Å²) in [5.74, 6) is 1.69. The molecule has 0 saturated heterocycles. The normalized spacial score (nSPS) is 13.6. The van der Waals surface area contributed by atoms with E-state index in [1.807, 2.05) is 73.7 Å². The van der Waals surface area contributed by atoms with Gasteiger partial charge in [-0.3, -0.25) is 0 Å². The second-order valence-electron chi connectivity index (χ2n) is 5.80. The molecule has 24 heavy (non-hydrogen) atoms. The fourth-order valence-corrected chi connectivity index (χ4v) is 2.82. The van der Waals surface area contributed by atoms with Crippen LogP contribution < -0.4 is 5.32 Å². The maximum atomic E-state index is 10.4. The molecule has 0 aliphatic carbocycles. The van der Waals surface area contributed by atoms with Crippen LogP contribution in [0.5, 0.6) is 0 Å². The molecule has 0 fully saturated rings. The lowest BCUT2D eigenvalue weighted by molar-refractivity contribution is 0.134. The first kappa shape index (κ1) is 17.0. The summed E-state index contributed by atoms with van der Waals surface area (Å²) in [6.45, 7) is 2.54. The molecule has 0 amide bonds. The van der Waals surface area contributed by atoms with Gasteiger partial charge in [0.2, 0.25) is 0 Å². The van der Waals surface area contributed by atoms with E-state index in [1.165, 1.54) is 0 Å². The fourth-order valence-electron chi connectivity index (χ4n) is 2.55. The Morgan fingerprint density at radius 2 is 1.71 bits per heavy atom. The van der Waals surface area contributed by atoms with Crippen molar-refractivity contribution in [3.05, 3.63) is 82.5 Å². The van der Waals surface area contributed by atoms with Crippen molar-refractivity contribution >= 4 is 15.9 Å². The van der Waals surface area contributed by atoms with E-state index in [0.717, 1.165) is 27.1 Å². The van der Waals surface area contributed by atoms with Crippen molar-refractivity contribution in [3.8, 4) is 11.3 Å². The van der Waals surface area contributed by atoms with Crippen molar-refractivity contribution in [2.45, 2.75) is 25.6 Å². The Morgan fingerprint density at radius 1 is 1.00 bits per heavy atom. The SMILES string of the molecule is C[C@@H](NCc1ccc(-c2ccc(Br)cc2)o1)[C@H](O)c1ccccc1. The summed E-state index contributed by atoms with van der Waals surface area (Å²) in [7, 11) is 0. The molecule has 3 nitrogen and oxygen atoms in total. The lowest BCUT2D eigenvalue weighted by Gasteiger charge is -2.20. The predicted molar refractivity (Wildman–Crippen MR) is 99.5 cm³/mol. The van der Waals surface area contributed by atoms with Crippen molar-refractivity contribution in [2.75, 3.05) is 0 Å². The van der Waals surface area contributed by atoms with Crippen molar-refractivity contribution in [2.24, 2.45) is 0 Å². The van der Waals surface area contributed by atoms with Crippen LogP contribution in [0, 0.1) is 0 Å². The van der Waals surface area contributed by atoms with Gasteiger partial charge in [-0.15, -0.1) is 0 Å². The first-order chi connectivity index (χ1) is 11.6. The Kier molecular flexibility index (Phi) is 5.51. The summed E-state index contributed by atoms with van der Waals surface area (Å²) in [6, 6.07) is 21.6. The summed E-state index contributed by atoms with van der Waals surface area (Å²) in [4.78, 5) is 0. The largest absolute Gasteiger partial charge is 0.460 e. The van der Waals surface area contributed by atoms with Crippen molar-refractivity contribution in [1.29, 1.82) is 0 Å². The van der Waals surface area contributed by atoms with E-state index >= 15 is 0 Å². The molecule has 124 valence electrons. The summed E-state index contributed by atoms with van der Waals surface area (Å²) in [6.07, 6.45) is -0.549. The van der Waals surface area contributed by atoms with Crippen LogP contribution in [0.1, 0.15) is 24.4 Å². The molecule has 4 heteroatoms. The van der Waals surface area contributed by atoms with Crippen LogP contribution in [-0.4, -0.2) is 11.1 Å². The van der Waals surface area contributed by atoms with E-state index in [2.05, 4.69) is 21.2 Å². The van der Waals surface area contributed by atoms with E-state index < -0.39 is 6.10 Å². The number of aliphatic hydroxyl groups is 1. The molecule has 0 unspecified atom stereocenters. The number of hydrogen-bond donors (Lipinski definition) is 2. The zero-order valence-electron chi connectivity index (χ0n) is 13.4. The molecule has 1 aromatic heterocycles. The zero-order chi connectivity index (χ0) is 16.9. The number of halogens is 1. The molecule has 0 bridgehead atoms. The van der Waals surface area contributed by atoms with Crippen molar-refractivity contribution in [3.63, 3.8) is 0 Å². The highest BCUT2D eigenvalue weighted by molar-refractivity contribution is 9.10. The van der Waals surface area contributed by atoms with Gasteiger partial charge < -0.3 is 14.8 Å². The van der Waals surface area contributed by atoms with E-state index in [4.69, 9.17) is 4.42 Å². The van der Waals surface area contributed by atoms with Crippen LogP contribution in [0.3, 0.4) is 0 Å². The number of hydrogen-bond acceptors (Lipinski definition) is 3. The minimum Gasteiger partial charge on any atom is -0.460 e. The molecule has 0 saturated carbocycles. The molecular weight excluding hydrogens is 366 g/mol. The maximum Gasteiger partial charge on any atom is 0.134 e. The highest BCUT2D eigenvalue weighted by Gasteiger charge is 2.16. The lowest BCUT2D eigenvalue weighted by Crippen LogP contribution is -2.31. The average Bonchev–Trinajstić information content (AvgIpc) is 3.09. The third-order valence-corrected chi connectivity index (χ3v) is 4.53. The van der Waals surface area contributed by atoms with Crippen LogP contribution >= 0.6 is 15.9 Å². The number of benzene rings is 2. The second kappa shape index (κ2) is 7.79. The highest BCUT2D eigenvalue weighted by atomic mass is 79.9.